The Hall–Kier alpha value is -0.500. The normalized spacial score (nSPS) is 11.8. The molecule has 0 aromatic carbocycles. The summed E-state index contributed by atoms with van der Waals surface area (Å²) in [5.41, 5.74) is 0. The zero-order valence-corrected chi connectivity index (χ0v) is 8.18. The van der Waals surface area contributed by atoms with Gasteiger partial charge in [-0.15, -0.1) is 0 Å². The number of ether oxygens (including phenoxy) is 1. The topological polar surface area (TPSA) is 29.5 Å². The molecule has 0 atom stereocenters. The first-order valence-corrected chi connectivity index (χ1v) is 4.71. The van der Waals surface area contributed by atoms with Crippen LogP contribution in [-0.2, 0) is 4.74 Å². The lowest BCUT2D eigenvalue weighted by Gasteiger charge is -2.04. The van der Waals surface area contributed by atoms with Crippen LogP contribution in [-0.4, -0.2) is 18.3 Å². The highest BCUT2D eigenvalue weighted by molar-refractivity contribution is 4.87. The van der Waals surface area contributed by atoms with Crippen LogP contribution in [0.25, 0.3) is 0 Å². The number of rotatable bonds is 7. The van der Waals surface area contributed by atoms with Gasteiger partial charge >= 0.3 is 0 Å². The smallest absolute Gasteiger partial charge is 0.0911 e. The Kier molecular flexibility index (Phi) is 8.24. The molecule has 0 aliphatic rings. The Bertz CT molecular complexity index is 119. The predicted molar refractivity (Wildman–Crippen MR) is 50.9 cm³/mol. The minimum absolute atomic E-state index is 0.0702. The second-order valence-electron chi connectivity index (χ2n) is 2.91. The van der Waals surface area contributed by atoms with Crippen LogP contribution in [0.2, 0.25) is 0 Å². The van der Waals surface area contributed by atoms with Gasteiger partial charge < -0.3 is 9.84 Å². The van der Waals surface area contributed by atoms with Gasteiger partial charge in [0.1, 0.15) is 0 Å². The molecular weight excluding hydrogens is 152 g/mol. The minimum Gasteiger partial charge on any atom is -0.498 e. The molecule has 0 unspecified atom stereocenters. The fourth-order valence-corrected chi connectivity index (χ4v) is 0.949. The fourth-order valence-electron chi connectivity index (χ4n) is 0.949. The van der Waals surface area contributed by atoms with Crippen LogP contribution in [0.4, 0.5) is 0 Å². The lowest BCUT2D eigenvalue weighted by atomic mass is 10.2. The van der Waals surface area contributed by atoms with Crippen LogP contribution < -0.4 is 0 Å². The number of hydrogen-bond donors (Lipinski definition) is 1. The molecule has 0 aliphatic carbocycles. The first kappa shape index (κ1) is 11.5. The number of aliphatic hydroxyl groups is 1. The van der Waals surface area contributed by atoms with Crippen molar-refractivity contribution in [3.63, 3.8) is 0 Å². The van der Waals surface area contributed by atoms with E-state index in [4.69, 9.17) is 9.84 Å². The molecule has 0 aromatic heterocycles. The lowest BCUT2D eigenvalue weighted by Crippen LogP contribution is -1.93. The van der Waals surface area contributed by atoms with E-state index < -0.39 is 0 Å². The van der Waals surface area contributed by atoms with E-state index in [9.17, 15) is 0 Å². The van der Waals surface area contributed by atoms with Crippen molar-refractivity contribution in [1.29, 1.82) is 0 Å². The van der Waals surface area contributed by atoms with E-state index in [1.54, 1.807) is 6.08 Å². The number of aliphatic hydroxyl groups excluding tert-OH is 1. The molecule has 0 saturated heterocycles. The first-order valence-electron chi connectivity index (χ1n) is 4.71. The molecule has 0 bridgehead atoms. The van der Waals surface area contributed by atoms with Crippen molar-refractivity contribution in [3.05, 3.63) is 11.8 Å². The lowest BCUT2D eigenvalue weighted by molar-refractivity contribution is 0.202. The highest BCUT2D eigenvalue weighted by Crippen LogP contribution is 2.02. The second kappa shape index (κ2) is 8.60. The molecule has 0 aromatic rings. The SMILES string of the molecule is CCCCCCOC(C)=CCO. The van der Waals surface area contributed by atoms with Crippen LogP contribution in [0.15, 0.2) is 11.8 Å². The van der Waals surface area contributed by atoms with Crippen LogP contribution in [0.5, 0.6) is 0 Å². The van der Waals surface area contributed by atoms with Gasteiger partial charge in [0.05, 0.1) is 19.0 Å². The van der Waals surface area contributed by atoms with Crippen molar-refractivity contribution in [2.45, 2.75) is 39.5 Å². The van der Waals surface area contributed by atoms with E-state index in [0.717, 1.165) is 18.8 Å². The van der Waals surface area contributed by atoms with Crippen LogP contribution in [0, 0.1) is 0 Å². The Balaban J connectivity index is 3.14. The van der Waals surface area contributed by atoms with Gasteiger partial charge in [-0.25, -0.2) is 0 Å². The monoisotopic (exact) mass is 172 g/mol. The average Bonchev–Trinajstić information content (AvgIpc) is 2.05. The molecular formula is C10H20O2. The third kappa shape index (κ3) is 7.61. The van der Waals surface area contributed by atoms with Gasteiger partial charge in [-0.2, -0.15) is 0 Å². The quantitative estimate of drug-likeness (QED) is 0.472. The summed E-state index contributed by atoms with van der Waals surface area (Å²) in [6.07, 6.45) is 6.57. The summed E-state index contributed by atoms with van der Waals surface area (Å²) in [5.74, 6) is 0.828. The van der Waals surface area contributed by atoms with E-state index in [0.29, 0.717) is 0 Å². The Morgan fingerprint density at radius 2 is 2.08 bits per heavy atom. The van der Waals surface area contributed by atoms with Crippen molar-refractivity contribution >= 4 is 0 Å². The molecule has 72 valence electrons. The van der Waals surface area contributed by atoms with E-state index in [2.05, 4.69) is 6.92 Å². The first-order chi connectivity index (χ1) is 5.81. The molecule has 0 radical (unpaired) electrons. The van der Waals surface area contributed by atoms with E-state index in [1.165, 1.54) is 19.3 Å². The summed E-state index contributed by atoms with van der Waals surface area (Å²) in [6, 6.07) is 0. The standard InChI is InChI=1S/C10H20O2/c1-3-4-5-6-9-12-10(2)7-8-11/h7,11H,3-6,8-9H2,1-2H3. The summed E-state index contributed by atoms with van der Waals surface area (Å²) in [7, 11) is 0. The van der Waals surface area contributed by atoms with Gasteiger partial charge in [0, 0.05) is 0 Å². The summed E-state index contributed by atoms with van der Waals surface area (Å²) < 4.78 is 5.33. The molecule has 2 nitrogen and oxygen atoms in total. The van der Waals surface area contributed by atoms with Crippen LogP contribution in [0.3, 0.4) is 0 Å². The third-order valence-electron chi connectivity index (χ3n) is 1.71. The zero-order valence-electron chi connectivity index (χ0n) is 8.18. The van der Waals surface area contributed by atoms with Gasteiger partial charge in [0.25, 0.3) is 0 Å². The van der Waals surface area contributed by atoms with Crippen molar-refractivity contribution in [2.24, 2.45) is 0 Å². The van der Waals surface area contributed by atoms with Crippen molar-refractivity contribution in [1.82, 2.24) is 0 Å². The molecule has 12 heavy (non-hydrogen) atoms. The highest BCUT2D eigenvalue weighted by Gasteiger charge is 1.90. The number of allylic oxidation sites excluding steroid dienone is 1. The molecule has 0 saturated carbocycles. The number of hydrogen-bond acceptors (Lipinski definition) is 2. The van der Waals surface area contributed by atoms with E-state index in [-0.39, 0.29) is 6.61 Å². The predicted octanol–water partition coefficient (Wildman–Crippen LogP) is 2.48. The third-order valence-corrected chi connectivity index (χ3v) is 1.71. The molecule has 0 fully saturated rings. The molecule has 0 amide bonds. The van der Waals surface area contributed by atoms with E-state index >= 15 is 0 Å². The minimum atomic E-state index is 0.0702. The summed E-state index contributed by atoms with van der Waals surface area (Å²) in [6.45, 7) is 4.91. The van der Waals surface area contributed by atoms with Crippen molar-refractivity contribution in [2.75, 3.05) is 13.2 Å². The summed E-state index contributed by atoms with van der Waals surface area (Å²) in [4.78, 5) is 0. The maximum absolute atomic E-state index is 8.52. The van der Waals surface area contributed by atoms with Gasteiger partial charge in [0.2, 0.25) is 0 Å². The molecule has 0 heterocycles. The van der Waals surface area contributed by atoms with Crippen LogP contribution in [0.1, 0.15) is 39.5 Å². The summed E-state index contributed by atoms with van der Waals surface area (Å²) in [5, 5.41) is 8.52. The van der Waals surface area contributed by atoms with Crippen molar-refractivity contribution < 1.29 is 9.84 Å². The molecule has 0 aliphatic heterocycles. The highest BCUT2D eigenvalue weighted by atomic mass is 16.5. The van der Waals surface area contributed by atoms with Gasteiger partial charge in [-0.1, -0.05) is 26.2 Å². The van der Waals surface area contributed by atoms with Gasteiger partial charge in [-0.05, 0) is 19.4 Å². The molecule has 1 N–H and O–H groups in total. The zero-order chi connectivity index (χ0) is 9.23. The Morgan fingerprint density at radius 3 is 2.67 bits per heavy atom. The maximum Gasteiger partial charge on any atom is 0.0911 e. The van der Waals surface area contributed by atoms with E-state index in [1.807, 2.05) is 6.92 Å². The Morgan fingerprint density at radius 1 is 1.33 bits per heavy atom. The Labute approximate surface area is 75.2 Å². The van der Waals surface area contributed by atoms with Crippen LogP contribution >= 0.6 is 0 Å². The fraction of sp³-hybridized carbons (Fsp3) is 0.800. The van der Waals surface area contributed by atoms with Crippen molar-refractivity contribution in [3.8, 4) is 0 Å². The molecule has 0 spiro atoms. The van der Waals surface area contributed by atoms with Gasteiger partial charge in [-0.3, -0.25) is 0 Å². The number of unbranched alkanes of at least 4 members (excludes halogenated alkanes) is 3. The summed E-state index contributed by atoms with van der Waals surface area (Å²) >= 11 is 0. The largest absolute Gasteiger partial charge is 0.498 e. The second-order valence-corrected chi connectivity index (χ2v) is 2.91. The molecule has 0 rings (SSSR count). The molecule has 2 heteroatoms. The maximum atomic E-state index is 8.52. The van der Waals surface area contributed by atoms with Gasteiger partial charge in [0.15, 0.2) is 0 Å². The average molecular weight is 172 g/mol.